The summed E-state index contributed by atoms with van der Waals surface area (Å²) < 4.78 is 0. The third kappa shape index (κ3) is 5.70. The first kappa shape index (κ1) is 14.9. The van der Waals surface area contributed by atoms with Crippen LogP contribution in [0.15, 0.2) is 0 Å². The Bertz CT molecular complexity index is 231. The molecule has 16 heavy (non-hydrogen) atoms. The molecule has 0 aliphatic heterocycles. The zero-order valence-electron chi connectivity index (χ0n) is 10.1. The zero-order chi connectivity index (χ0) is 12.6. The topological polar surface area (TPSA) is 83.6 Å². The largest absolute Gasteiger partial charge is 0.481 e. The number of carbonyl (C=O) groups excluding carboxylic acids is 1. The van der Waals surface area contributed by atoms with Gasteiger partial charge in [-0.25, -0.2) is 0 Å². The molecule has 0 aromatic heterocycles. The molecular weight excluding hydrogens is 208 g/mol. The highest BCUT2D eigenvalue weighted by atomic mass is 16.4. The Labute approximate surface area is 96.6 Å². The van der Waals surface area contributed by atoms with Gasteiger partial charge in [0.25, 0.3) is 0 Å². The Balaban J connectivity index is 4.06. The van der Waals surface area contributed by atoms with Gasteiger partial charge in [-0.2, -0.15) is 0 Å². The molecule has 1 amide bonds. The number of hydrogen-bond donors (Lipinski definition) is 2. The zero-order valence-corrected chi connectivity index (χ0v) is 10.1. The number of aliphatic carboxylic acids is 1. The summed E-state index contributed by atoms with van der Waals surface area (Å²) in [6.45, 7) is 4.89. The second kappa shape index (κ2) is 8.10. The van der Waals surface area contributed by atoms with Crippen molar-refractivity contribution in [2.24, 2.45) is 11.7 Å². The molecule has 0 fully saturated rings. The summed E-state index contributed by atoms with van der Waals surface area (Å²) in [6.07, 6.45) is 2.06. The van der Waals surface area contributed by atoms with Crippen LogP contribution in [0.2, 0.25) is 0 Å². The lowest BCUT2D eigenvalue weighted by Gasteiger charge is -2.22. The molecular formula is C11H22N2O3. The predicted octanol–water partition coefficient (Wildman–Crippen LogP) is 0.685. The highest BCUT2D eigenvalue weighted by molar-refractivity contribution is 5.77. The molecule has 0 radical (unpaired) electrons. The molecule has 0 aliphatic rings. The Kier molecular flexibility index (Phi) is 7.54. The second-order valence-corrected chi connectivity index (χ2v) is 3.92. The van der Waals surface area contributed by atoms with Crippen molar-refractivity contribution >= 4 is 11.9 Å². The Morgan fingerprint density at radius 3 is 2.44 bits per heavy atom. The Hall–Kier alpha value is -1.10. The lowest BCUT2D eigenvalue weighted by atomic mass is 10.1. The number of carboxylic acid groups (broad SMARTS) is 1. The molecule has 0 aromatic carbocycles. The lowest BCUT2D eigenvalue weighted by Crippen LogP contribution is -2.36. The minimum Gasteiger partial charge on any atom is -0.481 e. The van der Waals surface area contributed by atoms with Crippen LogP contribution in [0, 0.1) is 5.92 Å². The standard InChI is InChI=1S/C11H22N2O3/c1-3-13(8-9(2)11(15)16)10(14)6-4-5-7-12/h9H,3-8,12H2,1-2H3,(H,15,16). The van der Waals surface area contributed by atoms with E-state index in [1.54, 1.807) is 11.8 Å². The molecule has 0 spiro atoms. The number of hydrogen-bond acceptors (Lipinski definition) is 3. The van der Waals surface area contributed by atoms with E-state index in [0.717, 1.165) is 12.8 Å². The summed E-state index contributed by atoms with van der Waals surface area (Å²) in [4.78, 5) is 24.0. The molecule has 0 saturated carbocycles. The molecule has 0 heterocycles. The van der Waals surface area contributed by atoms with Crippen LogP contribution in [0.1, 0.15) is 33.1 Å². The van der Waals surface area contributed by atoms with E-state index in [4.69, 9.17) is 10.8 Å². The van der Waals surface area contributed by atoms with E-state index < -0.39 is 11.9 Å². The molecule has 0 saturated heterocycles. The van der Waals surface area contributed by atoms with Gasteiger partial charge in [-0.15, -0.1) is 0 Å². The molecule has 0 aromatic rings. The summed E-state index contributed by atoms with van der Waals surface area (Å²) in [6, 6.07) is 0. The Morgan fingerprint density at radius 1 is 1.38 bits per heavy atom. The van der Waals surface area contributed by atoms with Gasteiger partial charge in [0.1, 0.15) is 0 Å². The number of unbranched alkanes of at least 4 members (excludes halogenated alkanes) is 1. The van der Waals surface area contributed by atoms with E-state index in [-0.39, 0.29) is 12.5 Å². The third-order valence-electron chi connectivity index (χ3n) is 2.50. The first-order chi connectivity index (χ1) is 7.52. The average molecular weight is 230 g/mol. The van der Waals surface area contributed by atoms with Gasteiger partial charge in [0.05, 0.1) is 5.92 Å². The quantitative estimate of drug-likeness (QED) is 0.601. The first-order valence-electron chi connectivity index (χ1n) is 5.73. The van der Waals surface area contributed by atoms with Crippen LogP contribution in [0.3, 0.4) is 0 Å². The van der Waals surface area contributed by atoms with Crippen LogP contribution in [0.25, 0.3) is 0 Å². The van der Waals surface area contributed by atoms with E-state index in [2.05, 4.69) is 0 Å². The van der Waals surface area contributed by atoms with Gasteiger partial charge in [0, 0.05) is 19.5 Å². The van der Waals surface area contributed by atoms with Crippen molar-refractivity contribution in [3.05, 3.63) is 0 Å². The van der Waals surface area contributed by atoms with Crippen molar-refractivity contribution < 1.29 is 14.7 Å². The third-order valence-corrected chi connectivity index (χ3v) is 2.50. The van der Waals surface area contributed by atoms with E-state index in [1.165, 1.54) is 0 Å². The van der Waals surface area contributed by atoms with Crippen molar-refractivity contribution in [1.82, 2.24) is 4.90 Å². The van der Waals surface area contributed by atoms with Gasteiger partial charge >= 0.3 is 5.97 Å². The minimum atomic E-state index is -0.867. The van der Waals surface area contributed by atoms with Crippen LogP contribution < -0.4 is 5.73 Å². The molecule has 5 nitrogen and oxygen atoms in total. The summed E-state index contributed by atoms with van der Waals surface area (Å²) in [5.41, 5.74) is 5.34. The van der Waals surface area contributed by atoms with E-state index >= 15 is 0 Å². The fourth-order valence-electron chi connectivity index (χ4n) is 1.39. The van der Waals surface area contributed by atoms with Gasteiger partial charge in [-0.1, -0.05) is 6.92 Å². The fraction of sp³-hybridized carbons (Fsp3) is 0.818. The number of nitrogens with zero attached hydrogens (tertiary/aromatic N) is 1. The predicted molar refractivity (Wildman–Crippen MR) is 62.0 cm³/mol. The minimum absolute atomic E-state index is 0.0176. The summed E-state index contributed by atoms with van der Waals surface area (Å²) in [7, 11) is 0. The molecule has 0 rings (SSSR count). The molecule has 3 N–H and O–H groups in total. The number of rotatable bonds is 8. The van der Waals surface area contributed by atoms with Gasteiger partial charge in [0.15, 0.2) is 0 Å². The van der Waals surface area contributed by atoms with E-state index in [9.17, 15) is 9.59 Å². The molecule has 94 valence electrons. The SMILES string of the molecule is CCN(CC(C)C(=O)O)C(=O)CCCCN. The van der Waals surface area contributed by atoms with E-state index in [0.29, 0.717) is 19.5 Å². The fourth-order valence-corrected chi connectivity index (χ4v) is 1.39. The monoisotopic (exact) mass is 230 g/mol. The summed E-state index contributed by atoms with van der Waals surface area (Å²) in [5.74, 6) is -1.37. The van der Waals surface area contributed by atoms with Crippen LogP contribution in [-0.4, -0.2) is 41.5 Å². The van der Waals surface area contributed by atoms with Crippen LogP contribution in [-0.2, 0) is 9.59 Å². The number of amides is 1. The average Bonchev–Trinajstić information content (AvgIpc) is 2.25. The van der Waals surface area contributed by atoms with Crippen molar-refractivity contribution in [3.63, 3.8) is 0 Å². The molecule has 1 unspecified atom stereocenters. The smallest absolute Gasteiger partial charge is 0.308 e. The molecule has 0 bridgehead atoms. The Morgan fingerprint density at radius 2 is 2.00 bits per heavy atom. The summed E-state index contributed by atoms with van der Waals surface area (Å²) in [5, 5.41) is 8.77. The van der Waals surface area contributed by atoms with Gasteiger partial charge in [0.2, 0.25) is 5.91 Å². The maximum Gasteiger partial charge on any atom is 0.308 e. The second-order valence-electron chi connectivity index (χ2n) is 3.92. The van der Waals surface area contributed by atoms with E-state index in [1.807, 2.05) is 6.92 Å². The van der Waals surface area contributed by atoms with Gasteiger partial charge in [-0.3, -0.25) is 9.59 Å². The summed E-state index contributed by atoms with van der Waals surface area (Å²) >= 11 is 0. The van der Waals surface area contributed by atoms with Crippen molar-refractivity contribution in [3.8, 4) is 0 Å². The molecule has 5 heteroatoms. The van der Waals surface area contributed by atoms with Crippen LogP contribution in [0.4, 0.5) is 0 Å². The number of nitrogens with two attached hydrogens (primary N) is 1. The highest BCUT2D eigenvalue weighted by Crippen LogP contribution is 2.05. The van der Waals surface area contributed by atoms with Crippen LogP contribution >= 0.6 is 0 Å². The number of carboxylic acids is 1. The maximum atomic E-state index is 11.7. The normalized spacial score (nSPS) is 12.2. The van der Waals surface area contributed by atoms with Gasteiger partial charge in [-0.05, 0) is 26.3 Å². The lowest BCUT2D eigenvalue weighted by molar-refractivity contribution is -0.143. The first-order valence-corrected chi connectivity index (χ1v) is 5.73. The maximum absolute atomic E-state index is 11.7. The number of carbonyl (C=O) groups is 2. The van der Waals surface area contributed by atoms with Crippen molar-refractivity contribution in [1.29, 1.82) is 0 Å². The van der Waals surface area contributed by atoms with Crippen LogP contribution in [0.5, 0.6) is 0 Å². The van der Waals surface area contributed by atoms with Crippen molar-refractivity contribution in [2.75, 3.05) is 19.6 Å². The highest BCUT2D eigenvalue weighted by Gasteiger charge is 2.18. The molecule has 1 atom stereocenters. The molecule has 0 aliphatic carbocycles. The van der Waals surface area contributed by atoms with Gasteiger partial charge < -0.3 is 15.7 Å². The van der Waals surface area contributed by atoms with Crippen molar-refractivity contribution in [2.45, 2.75) is 33.1 Å².